The molecule has 1 aromatic rings. The number of amides is 1. The van der Waals surface area contributed by atoms with Crippen molar-refractivity contribution in [3.8, 4) is 5.75 Å². The third kappa shape index (κ3) is 5.00. The largest absolute Gasteiger partial charge is 0.496 e. The summed E-state index contributed by atoms with van der Waals surface area (Å²) in [6.45, 7) is 8.15. The molecule has 0 spiro atoms. The van der Waals surface area contributed by atoms with Gasteiger partial charge in [-0.25, -0.2) is 0 Å². The smallest absolute Gasteiger partial charge is 0.253 e. The van der Waals surface area contributed by atoms with E-state index in [9.17, 15) is 4.79 Å². The zero-order valence-corrected chi connectivity index (χ0v) is 14.9. The molecule has 1 aromatic carbocycles. The highest BCUT2D eigenvalue weighted by Crippen LogP contribution is 2.26. The summed E-state index contributed by atoms with van der Waals surface area (Å²) in [7, 11) is 1.61. The van der Waals surface area contributed by atoms with E-state index in [1.165, 1.54) is 0 Å². The molecule has 0 saturated carbocycles. The molecule has 0 aliphatic rings. The van der Waals surface area contributed by atoms with Crippen LogP contribution in [0.4, 0.5) is 0 Å². The monoisotopic (exact) mass is 356 g/mol. The van der Waals surface area contributed by atoms with E-state index in [2.05, 4.69) is 36.7 Å². The molecule has 0 unspecified atom stereocenters. The van der Waals surface area contributed by atoms with Gasteiger partial charge in [-0.05, 0) is 52.5 Å². The van der Waals surface area contributed by atoms with Gasteiger partial charge in [-0.1, -0.05) is 20.8 Å². The van der Waals surface area contributed by atoms with Crippen molar-refractivity contribution in [2.75, 3.05) is 26.7 Å². The Balaban J connectivity index is 2.97. The highest BCUT2D eigenvalue weighted by molar-refractivity contribution is 9.10. The van der Waals surface area contributed by atoms with Gasteiger partial charge in [0.25, 0.3) is 5.91 Å². The van der Waals surface area contributed by atoms with E-state index in [-0.39, 0.29) is 11.3 Å². The number of hydrogen-bond acceptors (Lipinski definition) is 3. The predicted molar refractivity (Wildman–Crippen MR) is 89.7 cm³/mol. The van der Waals surface area contributed by atoms with Crippen molar-refractivity contribution >= 4 is 21.8 Å². The number of hydrogen-bond donors (Lipinski definition) is 1. The number of carbonyl (C=O) groups is 1. The molecule has 0 aliphatic heterocycles. The van der Waals surface area contributed by atoms with E-state index in [1.807, 2.05) is 4.90 Å². The molecule has 1 amide bonds. The van der Waals surface area contributed by atoms with Crippen LogP contribution in [0.15, 0.2) is 22.7 Å². The number of ether oxygens (including phenoxy) is 1. The van der Waals surface area contributed by atoms with E-state index >= 15 is 0 Å². The van der Waals surface area contributed by atoms with Crippen molar-refractivity contribution < 1.29 is 9.53 Å². The van der Waals surface area contributed by atoms with Crippen molar-refractivity contribution in [1.82, 2.24) is 4.90 Å². The van der Waals surface area contributed by atoms with Crippen molar-refractivity contribution in [2.45, 2.75) is 27.2 Å². The van der Waals surface area contributed by atoms with Gasteiger partial charge in [0.15, 0.2) is 0 Å². The molecule has 5 heteroatoms. The van der Waals surface area contributed by atoms with Gasteiger partial charge in [-0.15, -0.1) is 0 Å². The lowest BCUT2D eigenvalue weighted by Crippen LogP contribution is -2.42. The fourth-order valence-electron chi connectivity index (χ4n) is 2.09. The average molecular weight is 357 g/mol. The summed E-state index contributed by atoms with van der Waals surface area (Å²) in [5.41, 5.74) is 6.36. The minimum Gasteiger partial charge on any atom is -0.496 e. The number of benzene rings is 1. The Kier molecular flexibility index (Phi) is 6.68. The lowest BCUT2D eigenvalue weighted by atomic mass is 9.92. The summed E-state index contributed by atoms with van der Waals surface area (Å²) in [6.07, 6.45) is 0.920. The third-order valence-corrected chi connectivity index (χ3v) is 3.97. The van der Waals surface area contributed by atoms with Gasteiger partial charge in [0, 0.05) is 18.7 Å². The zero-order valence-electron chi connectivity index (χ0n) is 13.3. The molecule has 0 fully saturated rings. The van der Waals surface area contributed by atoms with Crippen LogP contribution < -0.4 is 10.5 Å². The first-order chi connectivity index (χ1) is 9.84. The SMILES string of the molecule is CCCN(CC(C)(C)CN)C(=O)c1ccc(OC)c(Br)c1. The highest BCUT2D eigenvalue weighted by atomic mass is 79.9. The van der Waals surface area contributed by atoms with E-state index in [4.69, 9.17) is 10.5 Å². The van der Waals surface area contributed by atoms with Gasteiger partial charge in [0.05, 0.1) is 11.6 Å². The molecule has 0 aliphatic carbocycles. The number of rotatable bonds is 7. The van der Waals surface area contributed by atoms with E-state index in [0.717, 1.165) is 23.2 Å². The Morgan fingerprint density at radius 1 is 1.43 bits per heavy atom. The Labute approximate surface area is 135 Å². The summed E-state index contributed by atoms with van der Waals surface area (Å²) in [5, 5.41) is 0. The van der Waals surface area contributed by atoms with Crippen LogP contribution in [0.5, 0.6) is 5.75 Å². The van der Waals surface area contributed by atoms with Crippen LogP contribution >= 0.6 is 15.9 Å². The van der Waals surface area contributed by atoms with E-state index in [0.29, 0.717) is 18.7 Å². The molecule has 4 nitrogen and oxygen atoms in total. The Bertz CT molecular complexity index is 489. The normalized spacial score (nSPS) is 11.3. The van der Waals surface area contributed by atoms with Crippen LogP contribution in [-0.4, -0.2) is 37.6 Å². The summed E-state index contributed by atoms with van der Waals surface area (Å²) in [5.74, 6) is 0.748. The van der Waals surface area contributed by atoms with Gasteiger partial charge in [-0.3, -0.25) is 4.79 Å². The fourth-order valence-corrected chi connectivity index (χ4v) is 2.63. The van der Waals surface area contributed by atoms with E-state index in [1.54, 1.807) is 25.3 Å². The van der Waals surface area contributed by atoms with Gasteiger partial charge >= 0.3 is 0 Å². The minimum atomic E-state index is -0.0888. The van der Waals surface area contributed by atoms with Crippen molar-refractivity contribution in [1.29, 1.82) is 0 Å². The molecule has 1 rings (SSSR count). The first-order valence-electron chi connectivity index (χ1n) is 7.17. The maximum Gasteiger partial charge on any atom is 0.253 e. The number of methoxy groups -OCH3 is 1. The molecule has 0 heterocycles. The summed E-state index contributed by atoms with van der Waals surface area (Å²) >= 11 is 3.42. The van der Waals surface area contributed by atoms with Crippen LogP contribution in [-0.2, 0) is 0 Å². The minimum absolute atomic E-state index is 0.0294. The third-order valence-electron chi connectivity index (χ3n) is 3.35. The predicted octanol–water partition coefficient (Wildman–Crippen LogP) is 3.29. The standard InChI is InChI=1S/C16H25BrN2O2/c1-5-8-19(11-16(2,3)10-18)15(20)12-6-7-14(21-4)13(17)9-12/h6-7,9H,5,8,10-11,18H2,1-4H3. The van der Waals surface area contributed by atoms with Gasteiger partial charge in [0.1, 0.15) is 5.75 Å². The van der Waals surface area contributed by atoms with Crippen LogP contribution in [0.2, 0.25) is 0 Å². The van der Waals surface area contributed by atoms with Crippen LogP contribution in [0.25, 0.3) is 0 Å². The summed E-state index contributed by atoms with van der Waals surface area (Å²) in [4.78, 5) is 14.6. The van der Waals surface area contributed by atoms with Crippen LogP contribution in [0, 0.1) is 5.41 Å². The van der Waals surface area contributed by atoms with Crippen molar-refractivity contribution in [3.63, 3.8) is 0 Å². The average Bonchev–Trinajstić information content (AvgIpc) is 2.45. The number of halogens is 1. The Morgan fingerprint density at radius 3 is 2.57 bits per heavy atom. The van der Waals surface area contributed by atoms with Crippen LogP contribution in [0.1, 0.15) is 37.6 Å². The number of nitrogens with two attached hydrogens (primary N) is 1. The molecule has 0 saturated heterocycles. The first kappa shape index (κ1) is 18.0. The molecule has 118 valence electrons. The molecule has 2 N–H and O–H groups in total. The molecule has 0 atom stereocenters. The lowest BCUT2D eigenvalue weighted by molar-refractivity contribution is 0.0689. The zero-order chi connectivity index (χ0) is 16.0. The molecule has 21 heavy (non-hydrogen) atoms. The number of nitrogens with zero attached hydrogens (tertiary/aromatic N) is 1. The molecule has 0 radical (unpaired) electrons. The second-order valence-corrected chi connectivity index (χ2v) is 6.80. The summed E-state index contributed by atoms with van der Waals surface area (Å²) < 4.78 is 5.98. The second kappa shape index (κ2) is 7.80. The molecular formula is C16H25BrN2O2. The Morgan fingerprint density at radius 2 is 2.10 bits per heavy atom. The maximum absolute atomic E-state index is 12.7. The van der Waals surface area contributed by atoms with Crippen molar-refractivity contribution in [3.05, 3.63) is 28.2 Å². The van der Waals surface area contributed by atoms with E-state index < -0.39 is 0 Å². The highest BCUT2D eigenvalue weighted by Gasteiger charge is 2.24. The Hall–Kier alpha value is -1.07. The first-order valence-corrected chi connectivity index (χ1v) is 7.97. The van der Waals surface area contributed by atoms with Gasteiger partial charge in [0.2, 0.25) is 0 Å². The number of carbonyl (C=O) groups excluding carboxylic acids is 1. The summed E-state index contributed by atoms with van der Waals surface area (Å²) in [6, 6.07) is 5.40. The fraction of sp³-hybridized carbons (Fsp3) is 0.562. The van der Waals surface area contributed by atoms with Crippen molar-refractivity contribution in [2.24, 2.45) is 11.1 Å². The molecular weight excluding hydrogens is 332 g/mol. The quantitative estimate of drug-likeness (QED) is 0.815. The topological polar surface area (TPSA) is 55.6 Å². The van der Waals surface area contributed by atoms with Crippen LogP contribution in [0.3, 0.4) is 0 Å². The van der Waals surface area contributed by atoms with Gasteiger partial charge < -0.3 is 15.4 Å². The molecule has 0 bridgehead atoms. The molecule has 0 aromatic heterocycles. The second-order valence-electron chi connectivity index (χ2n) is 5.94. The maximum atomic E-state index is 12.7. The lowest BCUT2D eigenvalue weighted by Gasteiger charge is -2.32. The van der Waals surface area contributed by atoms with Gasteiger partial charge in [-0.2, -0.15) is 0 Å².